The average molecular weight is 292 g/mol. The molecule has 1 N–H and O–H groups in total. The van der Waals surface area contributed by atoms with Crippen LogP contribution < -0.4 is 5.32 Å². The molecule has 2 rings (SSSR count). The van der Waals surface area contributed by atoms with Crippen molar-refractivity contribution in [2.24, 2.45) is 0 Å². The highest BCUT2D eigenvalue weighted by molar-refractivity contribution is 7.98. The fraction of sp³-hybridized carbons (Fsp3) is 0.467. The number of carbonyl (C=O) groups is 2. The van der Waals surface area contributed by atoms with Gasteiger partial charge in [0.2, 0.25) is 11.8 Å². The molecule has 1 aromatic rings. The van der Waals surface area contributed by atoms with E-state index in [0.29, 0.717) is 6.54 Å². The van der Waals surface area contributed by atoms with Crippen LogP contribution in [0.15, 0.2) is 30.3 Å². The monoisotopic (exact) mass is 292 g/mol. The number of benzene rings is 1. The molecule has 0 radical (unpaired) electrons. The second-order valence-electron chi connectivity index (χ2n) is 4.91. The van der Waals surface area contributed by atoms with E-state index in [1.165, 1.54) is 0 Å². The normalized spacial score (nSPS) is 22.8. The lowest BCUT2D eigenvalue weighted by molar-refractivity contribution is -0.148. The number of hydrogen-bond acceptors (Lipinski definition) is 3. The number of piperazine rings is 1. The van der Waals surface area contributed by atoms with E-state index in [-0.39, 0.29) is 17.9 Å². The number of rotatable bonds is 5. The van der Waals surface area contributed by atoms with Crippen molar-refractivity contribution in [3.8, 4) is 0 Å². The van der Waals surface area contributed by atoms with Crippen LogP contribution in [0.4, 0.5) is 0 Å². The van der Waals surface area contributed by atoms with Gasteiger partial charge in [0.15, 0.2) is 0 Å². The standard InChI is InChI=1S/C15H20N2O2S/c1-11-14(18)16-13(12-7-4-3-5-8-12)15(19)17(11)9-6-10-20-2/h3-5,7-8,11,13H,6,9-10H2,1-2H3,(H,16,18). The summed E-state index contributed by atoms with van der Waals surface area (Å²) >= 11 is 1.75. The summed E-state index contributed by atoms with van der Waals surface area (Å²) in [4.78, 5) is 26.3. The molecule has 20 heavy (non-hydrogen) atoms. The van der Waals surface area contributed by atoms with E-state index >= 15 is 0 Å². The molecule has 1 aliphatic rings. The molecule has 2 unspecified atom stereocenters. The first-order chi connectivity index (χ1) is 9.65. The first-order valence-corrected chi connectivity index (χ1v) is 8.19. The van der Waals surface area contributed by atoms with Crippen molar-refractivity contribution in [1.82, 2.24) is 10.2 Å². The number of nitrogens with zero attached hydrogens (tertiary/aromatic N) is 1. The van der Waals surface area contributed by atoms with Crippen molar-refractivity contribution in [1.29, 1.82) is 0 Å². The highest BCUT2D eigenvalue weighted by Crippen LogP contribution is 2.22. The summed E-state index contributed by atoms with van der Waals surface area (Å²) in [6.07, 6.45) is 2.95. The average Bonchev–Trinajstić information content (AvgIpc) is 2.47. The Morgan fingerprint density at radius 1 is 1.25 bits per heavy atom. The van der Waals surface area contributed by atoms with Crippen molar-refractivity contribution in [3.63, 3.8) is 0 Å². The van der Waals surface area contributed by atoms with Gasteiger partial charge in [-0.3, -0.25) is 9.59 Å². The first kappa shape index (κ1) is 14.9. The summed E-state index contributed by atoms with van der Waals surface area (Å²) in [6.45, 7) is 2.42. The molecule has 0 bridgehead atoms. The van der Waals surface area contributed by atoms with E-state index in [1.54, 1.807) is 23.6 Å². The van der Waals surface area contributed by atoms with Crippen LogP contribution in [0.2, 0.25) is 0 Å². The predicted octanol–water partition coefficient (Wildman–Crippen LogP) is 1.83. The zero-order chi connectivity index (χ0) is 14.5. The highest BCUT2D eigenvalue weighted by Gasteiger charge is 2.38. The molecule has 0 spiro atoms. The molecule has 2 atom stereocenters. The van der Waals surface area contributed by atoms with Crippen LogP contribution in [-0.4, -0.2) is 41.3 Å². The Morgan fingerprint density at radius 2 is 1.95 bits per heavy atom. The second-order valence-corrected chi connectivity index (χ2v) is 5.89. The van der Waals surface area contributed by atoms with Crippen LogP contribution in [0.5, 0.6) is 0 Å². The van der Waals surface area contributed by atoms with Gasteiger partial charge in [-0.1, -0.05) is 30.3 Å². The number of amides is 2. The second kappa shape index (κ2) is 6.79. The van der Waals surface area contributed by atoms with E-state index < -0.39 is 6.04 Å². The fourth-order valence-corrected chi connectivity index (χ4v) is 2.80. The Bertz CT molecular complexity index is 478. The number of hydrogen-bond donors (Lipinski definition) is 1. The van der Waals surface area contributed by atoms with Gasteiger partial charge < -0.3 is 10.2 Å². The van der Waals surface area contributed by atoms with Crippen molar-refractivity contribution in [2.45, 2.75) is 25.4 Å². The summed E-state index contributed by atoms with van der Waals surface area (Å²) < 4.78 is 0. The SMILES string of the molecule is CSCCCN1C(=O)C(c2ccccc2)NC(=O)C1C. The topological polar surface area (TPSA) is 49.4 Å². The zero-order valence-corrected chi connectivity index (χ0v) is 12.7. The smallest absolute Gasteiger partial charge is 0.250 e. The van der Waals surface area contributed by atoms with Crippen LogP contribution in [0.1, 0.15) is 24.9 Å². The van der Waals surface area contributed by atoms with Gasteiger partial charge in [0.25, 0.3) is 0 Å². The molecular weight excluding hydrogens is 272 g/mol. The van der Waals surface area contributed by atoms with Gasteiger partial charge >= 0.3 is 0 Å². The van der Waals surface area contributed by atoms with Crippen molar-refractivity contribution in [2.75, 3.05) is 18.6 Å². The third-order valence-electron chi connectivity index (χ3n) is 3.54. The minimum atomic E-state index is -0.547. The van der Waals surface area contributed by atoms with Crippen molar-refractivity contribution >= 4 is 23.6 Å². The molecule has 4 nitrogen and oxygen atoms in total. The third-order valence-corrected chi connectivity index (χ3v) is 4.24. The molecule has 108 valence electrons. The van der Waals surface area contributed by atoms with Crippen molar-refractivity contribution in [3.05, 3.63) is 35.9 Å². The van der Waals surface area contributed by atoms with Gasteiger partial charge in [-0.15, -0.1) is 0 Å². The molecule has 0 aliphatic carbocycles. The van der Waals surface area contributed by atoms with Crippen LogP contribution in [0.3, 0.4) is 0 Å². The Kier molecular flexibility index (Phi) is 5.06. The molecular formula is C15H20N2O2S. The first-order valence-electron chi connectivity index (χ1n) is 6.80. The lowest BCUT2D eigenvalue weighted by atomic mass is 10.0. The molecule has 1 heterocycles. The lowest BCUT2D eigenvalue weighted by Crippen LogP contribution is -2.58. The molecule has 1 aromatic carbocycles. The quantitative estimate of drug-likeness (QED) is 0.842. The fourth-order valence-electron chi connectivity index (χ4n) is 2.38. The summed E-state index contributed by atoms with van der Waals surface area (Å²) in [5, 5.41) is 2.82. The minimum absolute atomic E-state index is 0.00981. The zero-order valence-electron chi connectivity index (χ0n) is 11.8. The molecule has 1 saturated heterocycles. The summed E-state index contributed by atoms with van der Waals surface area (Å²) in [5.41, 5.74) is 0.840. The van der Waals surface area contributed by atoms with Gasteiger partial charge in [-0.05, 0) is 30.9 Å². The largest absolute Gasteiger partial charge is 0.339 e. The van der Waals surface area contributed by atoms with Gasteiger partial charge in [0.1, 0.15) is 12.1 Å². The van der Waals surface area contributed by atoms with Gasteiger partial charge in [-0.2, -0.15) is 11.8 Å². The maximum atomic E-state index is 12.6. The number of thioether (sulfide) groups is 1. The summed E-state index contributed by atoms with van der Waals surface area (Å²) in [5.74, 6) is 0.903. The highest BCUT2D eigenvalue weighted by atomic mass is 32.2. The minimum Gasteiger partial charge on any atom is -0.339 e. The summed E-state index contributed by atoms with van der Waals surface area (Å²) in [6, 6.07) is 8.48. The molecule has 0 aromatic heterocycles. The Hall–Kier alpha value is -1.49. The summed E-state index contributed by atoms with van der Waals surface area (Å²) in [7, 11) is 0. The molecule has 0 saturated carbocycles. The predicted molar refractivity (Wildman–Crippen MR) is 81.5 cm³/mol. The molecule has 5 heteroatoms. The molecule has 1 fully saturated rings. The van der Waals surface area contributed by atoms with E-state index in [0.717, 1.165) is 17.7 Å². The van der Waals surface area contributed by atoms with E-state index in [2.05, 4.69) is 5.32 Å². The number of carbonyl (C=O) groups excluding carboxylic acids is 2. The van der Waals surface area contributed by atoms with Crippen molar-refractivity contribution < 1.29 is 9.59 Å². The molecule has 2 amide bonds. The Labute approximate surface area is 123 Å². The number of nitrogens with one attached hydrogen (secondary N) is 1. The van der Waals surface area contributed by atoms with E-state index in [9.17, 15) is 9.59 Å². The lowest BCUT2D eigenvalue weighted by Gasteiger charge is -2.37. The van der Waals surface area contributed by atoms with E-state index in [4.69, 9.17) is 0 Å². The van der Waals surface area contributed by atoms with Crippen LogP contribution in [0.25, 0.3) is 0 Å². The van der Waals surface area contributed by atoms with Crippen LogP contribution in [0, 0.1) is 0 Å². The van der Waals surface area contributed by atoms with Gasteiger partial charge in [0.05, 0.1) is 0 Å². The van der Waals surface area contributed by atoms with Gasteiger partial charge in [-0.25, -0.2) is 0 Å². The molecule has 1 aliphatic heterocycles. The van der Waals surface area contributed by atoms with Crippen LogP contribution >= 0.6 is 11.8 Å². The Morgan fingerprint density at radius 3 is 2.60 bits per heavy atom. The van der Waals surface area contributed by atoms with Gasteiger partial charge in [0, 0.05) is 6.54 Å². The maximum Gasteiger partial charge on any atom is 0.250 e. The van der Waals surface area contributed by atoms with Crippen LogP contribution in [-0.2, 0) is 9.59 Å². The maximum absolute atomic E-state index is 12.6. The van der Waals surface area contributed by atoms with E-state index in [1.807, 2.05) is 36.6 Å². The third kappa shape index (κ3) is 3.15. The Balaban J connectivity index is 2.15.